The molecule has 9 heteroatoms. The number of hydrogen-bond donors (Lipinski definition) is 0. The van der Waals surface area contributed by atoms with E-state index in [9.17, 15) is 24.5 Å². The molecular formula is C29H20N2O6S. The van der Waals surface area contributed by atoms with Gasteiger partial charge in [0.25, 0.3) is 16.8 Å². The number of nitro groups is 1. The van der Waals surface area contributed by atoms with E-state index in [-0.39, 0.29) is 16.2 Å². The summed E-state index contributed by atoms with van der Waals surface area (Å²) in [4.78, 5) is 49.1. The van der Waals surface area contributed by atoms with Crippen molar-refractivity contribution >= 4 is 51.2 Å². The normalized spacial score (nSPS) is 14.3. The number of benzene rings is 4. The van der Waals surface area contributed by atoms with Crippen molar-refractivity contribution in [2.75, 3.05) is 6.54 Å². The summed E-state index contributed by atoms with van der Waals surface area (Å²) >= 11 is 0.759. The molecule has 188 valence electrons. The van der Waals surface area contributed by atoms with Gasteiger partial charge in [-0.05, 0) is 64.0 Å². The van der Waals surface area contributed by atoms with Crippen LogP contribution in [0.4, 0.5) is 10.5 Å². The Bertz CT molecular complexity index is 1590. The van der Waals surface area contributed by atoms with Gasteiger partial charge in [0, 0.05) is 17.7 Å². The molecular weight excluding hydrogens is 504 g/mol. The predicted molar refractivity (Wildman–Crippen MR) is 145 cm³/mol. The maximum atomic E-state index is 12.8. The lowest BCUT2D eigenvalue weighted by Crippen LogP contribution is -2.33. The van der Waals surface area contributed by atoms with Crippen molar-refractivity contribution in [3.63, 3.8) is 0 Å². The first kappa shape index (κ1) is 24.9. The SMILES string of the molecule is O=C(CN1C(=O)S/C(=C/c2ccc(OCc3cccc4ccccc34)cc2)C1=O)c1ccc([N+](=O)[O-])cc1. The number of fused-ring (bicyclic) bond motifs is 1. The lowest BCUT2D eigenvalue weighted by Gasteiger charge is -2.11. The van der Waals surface area contributed by atoms with Gasteiger partial charge < -0.3 is 4.74 Å². The zero-order chi connectivity index (χ0) is 26.6. The van der Waals surface area contributed by atoms with Crippen molar-refractivity contribution in [1.29, 1.82) is 0 Å². The molecule has 0 N–H and O–H groups in total. The Hall–Kier alpha value is -4.76. The van der Waals surface area contributed by atoms with Crippen LogP contribution < -0.4 is 4.74 Å². The third-order valence-electron chi connectivity index (χ3n) is 6.03. The summed E-state index contributed by atoms with van der Waals surface area (Å²) in [5.74, 6) is -0.389. The predicted octanol–water partition coefficient (Wildman–Crippen LogP) is 6.25. The van der Waals surface area contributed by atoms with Crippen LogP contribution in [0.1, 0.15) is 21.5 Å². The molecule has 0 unspecified atom stereocenters. The fraction of sp³-hybridized carbons (Fsp3) is 0.0690. The summed E-state index contributed by atoms with van der Waals surface area (Å²) < 4.78 is 5.96. The number of amides is 2. The van der Waals surface area contributed by atoms with Gasteiger partial charge in [0.2, 0.25) is 0 Å². The molecule has 4 aromatic rings. The topological polar surface area (TPSA) is 107 Å². The molecule has 0 aliphatic carbocycles. The fourth-order valence-corrected chi connectivity index (χ4v) is 4.87. The number of ether oxygens (including phenoxy) is 1. The number of rotatable bonds is 8. The van der Waals surface area contributed by atoms with E-state index < -0.39 is 28.4 Å². The molecule has 1 heterocycles. The Morgan fingerprint density at radius 1 is 0.921 bits per heavy atom. The molecule has 0 spiro atoms. The van der Waals surface area contributed by atoms with Crippen molar-refractivity contribution in [3.8, 4) is 5.75 Å². The minimum absolute atomic E-state index is 0.152. The second-order valence-electron chi connectivity index (χ2n) is 8.49. The van der Waals surface area contributed by atoms with Crippen molar-refractivity contribution in [3.05, 3.63) is 123 Å². The highest BCUT2D eigenvalue weighted by molar-refractivity contribution is 8.18. The van der Waals surface area contributed by atoms with Gasteiger partial charge in [0.05, 0.1) is 16.4 Å². The summed E-state index contributed by atoms with van der Waals surface area (Å²) in [6.07, 6.45) is 1.59. The maximum absolute atomic E-state index is 12.8. The van der Waals surface area contributed by atoms with E-state index >= 15 is 0 Å². The van der Waals surface area contributed by atoms with Crippen LogP contribution in [0.15, 0.2) is 95.9 Å². The number of carbonyl (C=O) groups excluding carboxylic acids is 3. The van der Waals surface area contributed by atoms with E-state index in [1.54, 1.807) is 30.3 Å². The zero-order valence-corrected chi connectivity index (χ0v) is 20.7. The number of thioether (sulfide) groups is 1. The Labute approximate surface area is 221 Å². The number of hydrogen-bond acceptors (Lipinski definition) is 7. The standard InChI is InChI=1S/C29H20N2O6S/c32-26(21-10-12-23(13-11-21)31(35)36)17-30-28(33)27(38-29(30)34)16-19-8-14-24(15-9-19)37-18-22-6-3-5-20-4-1-2-7-25(20)22/h1-16H,17-18H2/b27-16+. The lowest BCUT2D eigenvalue weighted by atomic mass is 10.1. The van der Waals surface area contributed by atoms with Gasteiger partial charge in [-0.3, -0.25) is 29.4 Å². The van der Waals surface area contributed by atoms with Crippen LogP contribution in [-0.2, 0) is 11.4 Å². The molecule has 1 saturated heterocycles. The zero-order valence-electron chi connectivity index (χ0n) is 19.9. The molecule has 8 nitrogen and oxygen atoms in total. The molecule has 0 saturated carbocycles. The van der Waals surface area contributed by atoms with Crippen LogP contribution >= 0.6 is 11.8 Å². The van der Waals surface area contributed by atoms with E-state index in [4.69, 9.17) is 4.74 Å². The Kier molecular flexibility index (Phi) is 7.01. The number of ketones is 1. The second-order valence-corrected chi connectivity index (χ2v) is 9.48. The average Bonchev–Trinajstić information content (AvgIpc) is 3.19. The number of imide groups is 1. The highest BCUT2D eigenvalue weighted by Crippen LogP contribution is 2.33. The molecule has 0 aromatic heterocycles. The molecule has 0 bridgehead atoms. The van der Waals surface area contributed by atoms with E-state index in [1.165, 1.54) is 24.3 Å². The van der Waals surface area contributed by atoms with Gasteiger partial charge in [-0.15, -0.1) is 0 Å². The Morgan fingerprint density at radius 2 is 1.63 bits per heavy atom. The first-order valence-electron chi connectivity index (χ1n) is 11.6. The van der Waals surface area contributed by atoms with Crippen LogP contribution in [0, 0.1) is 10.1 Å². The van der Waals surface area contributed by atoms with Gasteiger partial charge in [-0.25, -0.2) is 0 Å². The first-order chi connectivity index (χ1) is 18.4. The fourth-order valence-electron chi connectivity index (χ4n) is 4.03. The summed E-state index contributed by atoms with van der Waals surface area (Å²) in [5, 5.41) is 12.5. The largest absolute Gasteiger partial charge is 0.489 e. The number of Topliss-reactive ketones (excluding diaryl/α,β-unsaturated/α-hetero) is 1. The quantitative estimate of drug-likeness (QED) is 0.116. The molecule has 0 atom stereocenters. The third-order valence-corrected chi connectivity index (χ3v) is 6.93. The highest BCUT2D eigenvalue weighted by atomic mass is 32.2. The van der Waals surface area contributed by atoms with Gasteiger partial charge in [-0.1, -0.05) is 54.6 Å². The van der Waals surface area contributed by atoms with E-state index in [1.807, 2.05) is 24.3 Å². The molecule has 38 heavy (non-hydrogen) atoms. The minimum atomic E-state index is -0.570. The molecule has 4 aromatic carbocycles. The summed E-state index contributed by atoms with van der Waals surface area (Å²) in [5.41, 5.74) is 1.80. The monoisotopic (exact) mass is 524 g/mol. The van der Waals surface area contributed by atoms with Crippen LogP contribution in [0.5, 0.6) is 5.75 Å². The third kappa shape index (κ3) is 5.33. The van der Waals surface area contributed by atoms with Crippen LogP contribution in [0.25, 0.3) is 16.8 Å². The first-order valence-corrected chi connectivity index (χ1v) is 12.4. The minimum Gasteiger partial charge on any atom is -0.489 e. The number of carbonyl (C=O) groups is 3. The number of nitrogens with zero attached hydrogens (tertiary/aromatic N) is 2. The van der Waals surface area contributed by atoms with Crippen LogP contribution in [-0.4, -0.2) is 33.3 Å². The Balaban J connectivity index is 1.22. The van der Waals surface area contributed by atoms with Crippen molar-refractivity contribution in [1.82, 2.24) is 4.90 Å². The second kappa shape index (κ2) is 10.7. The summed E-state index contributed by atoms with van der Waals surface area (Å²) in [7, 11) is 0. The highest BCUT2D eigenvalue weighted by Gasteiger charge is 2.36. The lowest BCUT2D eigenvalue weighted by molar-refractivity contribution is -0.384. The maximum Gasteiger partial charge on any atom is 0.293 e. The van der Waals surface area contributed by atoms with Gasteiger partial charge in [-0.2, -0.15) is 0 Å². The van der Waals surface area contributed by atoms with E-state index in [0.717, 1.165) is 33.0 Å². The number of nitro benzene ring substituents is 1. The van der Waals surface area contributed by atoms with Gasteiger partial charge >= 0.3 is 0 Å². The summed E-state index contributed by atoms with van der Waals surface area (Å²) in [6.45, 7) is -0.0385. The molecule has 1 aliphatic rings. The summed E-state index contributed by atoms with van der Waals surface area (Å²) in [6, 6.07) is 26.4. The number of non-ortho nitro benzene ring substituents is 1. The van der Waals surface area contributed by atoms with E-state index in [0.29, 0.717) is 17.9 Å². The molecule has 5 rings (SSSR count). The molecule has 2 amide bonds. The molecule has 0 radical (unpaired) electrons. The van der Waals surface area contributed by atoms with Gasteiger partial charge in [0.1, 0.15) is 12.4 Å². The molecule has 1 fully saturated rings. The van der Waals surface area contributed by atoms with Crippen LogP contribution in [0.3, 0.4) is 0 Å². The van der Waals surface area contributed by atoms with Gasteiger partial charge in [0.15, 0.2) is 5.78 Å². The van der Waals surface area contributed by atoms with E-state index in [2.05, 4.69) is 18.2 Å². The van der Waals surface area contributed by atoms with Crippen molar-refractivity contribution in [2.24, 2.45) is 0 Å². The van der Waals surface area contributed by atoms with Crippen molar-refractivity contribution in [2.45, 2.75) is 6.61 Å². The molecule has 1 aliphatic heterocycles. The average molecular weight is 525 g/mol. The smallest absolute Gasteiger partial charge is 0.293 e. The van der Waals surface area contributed by atoms with Crippen molar-refractivity contribution < 1.29 is 24.0 Å². The van der Waals surface area contributed by atoms with Crippen LogP contribution in [0.2, 0.25) is 0 Å². The Morgan fingerprint density at radius 3 is 2.37 bits per heavy atom.